The molecule has 0 saturated carbocycles. The number of carbonyl (C=O) groups is 3. The molecule has 0 aromatic carbocycles. The number of carbonyl (C=O) groups excluding carboxylic acids is 2. The van der Waals surface area contributed by atoms with Crippen molar-refractivity contribution in [3.63, 3.8) is 0 Å². The molecule has 0 aromatic rings. The highest BCUT2D eigenvalue weighted by molar-refractivity contribution is 7.72. The molecule has 33 heavy (non-hydrogen) atoms. The Morgan fingerprint density at radius 3 is 1.48 bits per heavy atom. The quantitative estimate of drug-likeness (QED) is 0.108. The summed E-state index contributed by atoms with van der Waals surface area (Å²) in [6.45, 7) is 6.32. The Labute approximate surface area is 191 Å². The van der Waals surface area contributed by atoms with Crippen LogP contribution in [0.4, 0.5) is 4.79 Å². The zero-order valence-corrected chi connectivity index (χ0v) is 21.2. The van der Waals surface area contributed by atoms with Gasteiger partial charge in [-0.1, -0.05) is 0 Å². The molecule has 14 nitrogen and oxygen atoms in total. The molecule has 0 spiro atoms. The second kappa shape index (κ2) is 11.7. The first kappa shape index (κ1) is 31.5. The Hall–Kier alpha value is -1.53. The maximum atomic E-state index is 12.7. The summed E-state index contributed by atoms with van der Waals surface area (Å²) in [5.74, 6) is -1.65. The number of carboxylic acid groups (broad SMARTS) is 1. The highest BCUT2D eigenvalue weighted by Gasteiger charge is 2.62. The molecule has 0 aromatic heterocycles. The van der Waals surface area contributed by atoms with Crippen LogP contribution in [0.1, 0.15) is 54.4 Å². The maximum Gasteiger partial charge on any atom is 0.404 e. The number of hydrogen-bond donors (Lipinski definition) is 5. The smallest absolute Gasteiger partial charge is 0.404 e. The van der Waals surface area contributed by atoms with E-state index in [2.05, 4.69) is 18.5 Å². The summed E-state index contributed by atoms with van der Waals surface area (Å²) in [5.41, 5.74) is -1.98. The van der Waals surface area contributed by atoms with Crippen molar-refractivity contribution in [3.05, 3.63) is 0 Å². The molecule has 0 aliphatic heterocycles. The molecule has 194 valence electrons. The predicted octanol–water partition coefficient (Wildman–Crippen LogP) is 2.18. The molecule has 16 heteroatoms. The summed E-state index contributed by atoms with van der Waals surface area (Å²) in [5, 5.41) is 17.8. The zero-order valence-electron chi connectivity index (χ0n) is 19.4. The lowest BCUT2D eigenvalue weighted by Crippen LogP contribution is -2.34. The zero-order chi connectivity index (χ0) is 26.3. The van der Waals surface area contributed by atoms with E-state index in [9.17, 15) is 38.4 Å². The third-order valence-electron chi connectivity index (χ3n) is 3.93. The van der Waals surface area contributed by atoms with Gasteiger partial charge in [0.25, 0.3) is 5.08 Å². The monoisotopic (exact) mass is 521 g/mol. The van der Waals surface area contributed by atoms with Gasteiger partial charge in [0, 0.05) is 13.0 Å². The summed E-state index contributed by atoms with van der Waals surface area (Å²) < 4.78 is 44.0. The fourth-order valence-electron chi connectivity index (χ4n) is 1.91. The number of esters is 2. The highest BCUT2D eigenvalue weighted by Crippen LogP contribution is 2.73. The van der Waals surface area contributed by atoms with E-state index in [1.807, 2.05) is 5.32 Å². The van der Waals surface area contributed by atoms with Gasteiger partial charge in [-0.15, -0.1) is 0 Å². The second-order valence-electron chi connectivity index (χ2n) is 9.01. The van der Waals surface area contributed by atoms with Crippen molar-refractivity contribution in [2.45, 2.75) is 59.5 Å². The summed E-state index contributed by atoms with van der Waals surface area (Å²) >= 11 is 0. The topological polar surface area (TPSA) is 215 Å². The minimum Gasteiger partial charge on any atom is -0.465 e. The van der Waals surface area contributed by atoms with Crippen LogP contribution in [0.15, 0.2) is 0 Å². The lowest BCUT2D eigenvalue weighted by molar-refractivity contribution is -0.160. The van der Waals surface area contributed by atoms with Crippen LogP contribution >= 0.6 is 15.2 Å². The van der Waals surface area contributed by atoms with Gasteiger partial charge in [-0.05, 0) is 48.0 Å². The summed E-state index contributed by atoms with van der Waals surface area (Å²) in [6.07, 6.45) is -2.78. The maximum absolute atomic E-state index is 12.7. The molecule has 0 radical (unpaired) electrons. The lowest BCUT2D eigenvalue weighted by atomic mass is 9.98. The van der Waals surface area contributed by atoms with Crippen LogP contribution in [0.3, 0.4) is 0 Å². The Balaban J connectivity index is 5.57. The van der Waals surface area contributed by atoms with E-state index >= 15 is 0 Å². The number of amides is 1. The van der Waals surface area contributed by atoms with Crippen molar-refractivity contribution in [2.24, 2.45) is 10.8 Å². The molecule has 2 unspecified atom stereocenters. The largest absolute Gasteiger partial charge is 0.465 e. The normalized spacial score (nSPS) is 17.7. The van der Waals surface area contributed by atoms with Gasteiger partial charge in [-0.2, -0.15) is 0 Å². The van der Waals surface area contributed by atoms with E-state index in [0.29, 0.717) is 0 Å². The molecule has 0 fully saturated rings. The van der Waals surface area contributed by atoms with E-state index in [1.165, 1.54) is 41.5 Å². The minimum atomic E-state index is -5.48. The van der Waals surface area contributed by atoms with Crippen molar-refractivity contribution in [1.82, 2.24) is 5.32 Å². The van der Waals surface area contributed by atoms with E-state index in [0.717, 1.165) is 0 Å². The molecular formula is C17H33NO13P2. The highest BCUT2D eigenvalue weighted by atomic mass is 31.2. The van der Waals surface area contributed by atoms with Gasteiger partial charge in [-0.3, -0.25) is 27.8 Å². The molecule has 2 atom stereocenters. The molecular weight excluding hydrogens is 488 g/mol. The molecule has 0 heterocycles. The fourth-order valence-corrected chi connectivity index (χ4v) is 5.22. The molecule has 0 aliphatic carbocycles. The number of nitrogens with one attached hydrogen (secondary N) is 1. The standard InChI is InChI=1S/C17H33NO13P2/c1-15(2,3)12(19)28-10-30-32(24,25)17(23,8-7-9-18-14(21)22)33(26,27)31-11-29-13(20)16(4,5)6/h18,23H,7-11H2,1-6H3,(H,21,22)(H,24,25)(H,26,27). The summed E-state index contributed by atoms with van der Waals surface area (Å²) in [7, 11) is -11.0. The van der Waals surface area contributed by atoms with Crippen molar-refractivity contribution in [1.29, 1.82) is 0 Å². The summed E-state index contributed by atoms with van der Waals surface area (Å²) in [4.78, 5) is 54.7. The number of rotatable bonds is 12. The average molecular weight is 521 g/mol. The Kier molecular flexibility index (Phi) is 11.2. The van der Waals surface area contributed by atoms with Crippen LogP contribution in [0.25, 0.3) is 0 Å². The van der Waals surface area contributed by atoms with Crippen molar-refractivity contribution in [3.8, 4) is 0 Å². The molecule has 5 N–H and O–H groups in total. The third kappa shape index (κ3) is 9.70. The van der Waals surface area contributed by atoms with Crippen LogP contribution in [0.5, 0.6) is 0 Å². The molecule has 0 aliphatic rings. The van der Waals surface area contributed by atoms with Crippen LogP contribution in [0.2, 0.25) is 0 Å². The Morgan fingerprint density at radius 2 is 1.18 bits per heavy atom. The SMILES string of the molecule is CC(C)(C)C(=O)OCOP(=O)(O)C(O)(CCCNC(=O)O)P(=O)(O)OCOC(=O)C(C)(C)C. The van der Waals surface area contributed by atoms with Crippen molar-refractivity contribution < 1.29 is 62.0 Å². The average Bonchev–Trinajstić information content (AvgIpc) is 2.62. The lowest BCUT2D eigenvalue weighted by Gasteiger charge is -2.34. The first-order valence-corrected chi connectivity index (χ1v) is 12.8. The molecule has 1 amide bonds. The van der Waals surface area contributed by atoms with Crippen LogP contribution in [-0.4, -0.2) is 63.2 Å². The molecule has 0 saturated heterocycles. The van der Waals surface area contributed by atoms with Gasteiger partial charge in [0.05, 0.1) is 10.8 Å². The first-order valence-electron chi connectivity index (χ1n) is 9.66. The van der Waals surface area contributed by atoms with Crippen molar-refractivity contribution in [2.75, 3.05) is 20.1 Å². The van der Waals surface area contributed by atoms with Gasteiger partial charge in [0.15, 0.2) is 0 Å². The predicted molar refractivity (Wildman–Crippen MR) is 113 cm³/mol. The van der Waals surface area contributed by atoms with E-state index < -0.39 is 75.6 Å². The van der Waals surface area contributed by atoms with Crippen LogP contribution in [0, 0.1) is 10.8 Å². The van der Waals surface area contributed by atoms with Gasteiger partial charge >= 0.3 is 33.2 Å². The number of aliphatic hydroxyl groups is 1. The number of hydrogen-bond acceptors (Lipinski definition) is 10. The Morgan fingerprint density at radius 1 is 0.818 bits per heavy atom. The molecule has 0 bridgehead atoms. The van der Waals surface area contributed by atoms with Gasteiger partial charge < -0.3 is 34.8 Å². The fraction of sp³-hybridized carbons (Fsp3) is 0.824. The van der Waals surface area contributed by atoms with E-state index in [1.54, 1.807) is 0 Å². The van der Waals surface area contributed by atoms with Crippen LogP contribution < -0.4 is 5.32 Å². The Bertz CT molecular complexity index is 748. The molecule has 0 rings (SSSR count). The van der Waals surface area contributed by atoms with E-state index in [4.69, 9.17) is 5.11 Å². The minimum absolute atomic E-state index is 0.365. The third-order valence-corrected chi connectivity index (χ3v) is 8.62. The second-order valence-corrected chi connectivity index (χ2v) is 13.4. The van der Waals surface area contributed by atoms with Gasteiger partial charge in [-0.25, -0.2) is 4.79 Å². The summed E-state index contributed by atoms with van der Waals surface area (Å²) in [6, 6.07) is 0. The van der Waals surface area contributed by atoms with Crippen molar-refractivity contribution >= 4 is 33.2 Å². The van der Waals surface area contributed by atoms with Crippen LogP contribution in [-0.2, 0) is 37.2 Å². The van der Waals surface area contributed by atoms with Gasteiger partial charge in [0.2, 0.25) is 13.6 Å². The van der Waals surface area contributed by atoms with Gasteiger partial charge in [0.1, 0.15) is 0 Å². The number of ether oxygens (including phenoxy) is 2. The first-order chi connectivity index (χ1) is 14.7. The van der Waals surface area contributed by atoms with E-state index in [-0.39, 0.29) is 6.54 Å².